The van der Waals surface area contributed by atoms with Crippen LogP contribution in [-0.4, -0.2) is 50.1 Å². The molecular weight excluding hydrogens is 385 g/mol. The molecule has 1 aliphatic heterocycles. The molecule has 0 bridgehead atoms. The smallest absolute Gasteiger partial charge is 0.262 e. The summed E-state index contributed by atoms with van der Waals surface area (Å²) in [4.78, 5) is 16.8. The van der Waals surface area contributed by atoms with E-state index >= 15 is 0 Å². The zero-order valence-corrected chi connectivity index (χ0v) is 16.8. The Labute approximate surface area is 169 Å². The molecule has 1 fully saturated rings. The molecule has 1 heterocycles. The summed E-state index contributed by atoms with van der Waals surface area (Å²) in [6.07, 6.45) is 0. The minimum absolute atomic E-state index is 0.123. The summed E-state index contributed by atoms with van der Waals surface area (Å²) in [5, 5.41) is 3.90. The van der Waals surface area contributed by atoms with Gasteiger partial charge in [-0.05, 0) is 36.9 Å². The van der Waals surface area contributed by atoms with Crippen LogP contribution in [0.3, 0.4) is 0 Å². The highest BCUT2D eigenvalue weighted by atomic mass is 35.5. The lowest BCUT2D eigenvalue weighted by molar-refractivity contribution is -0.118. The molecule has 144 valence electrons. The number of hydrogen-bond donors (Lipinski definition) is 1. The summed E-state index contributed by atoms with van der Waals surface area (Å²) < 4.78 is 5.45. The number of likely N-dealkylation sites (N-methyl/N-ethyl adjacent to an activating group) is 1. The van der Waals surface area contributed by atoms with E-state index < -0.39 is 0 Å². The lowest BCUT2D eigenvalue weighted by Crippen LogP contribution is -2.46. The molecule has 3 rings (SSSR count). The van der Waals surface area contributed by atoms with Crippen LogP contribution >= 0.6 is 23.2 Å². The number of benzene rings is 2. The van der Waals surface area contributed by atoms with E-state index in [-0.39, 0.29) is 12.5 Å². The Hall–Kier alpha value is -1.95. The van der Waals surface area contributed by atoms with Crippen molar-refractivity contribution >= 4 is 40.5 Å². The first-order valence-corrected chi connectivity index (χ1v) is 9.76. The fourth-order valence-electron chi connectivity index (χ4n) is 3.05. The molecule has 7 heteroatoms. The first-order valence-electron chi connectivity index (χ1n) is 9.01. The molecule has 0 unspecified atom stereocenters. The maximum Gasteiger partial charge on any atom is 0.262 e. The van der Waals surface area contributed by atoms with Gasteiger partial charge in [0.05, 0.1) is 15.7 Å². The molecule has 0 atom stereocenters. The van der Waals surface area contributed by atoms with Crippen molar-refractivity contribution in [2.75, 3.05) is 49.5 Å². The quantitative estimate of drug-likeness (QED) is 0.780. The second-order valence-corrected chi connectivity index (χ2v) is 7.17. The van der Waals surface area contributed by atoms with E-state index in [2.05, 4.69) is 22.0 Å². The van der Waals surface area contributed by atoms with E-state index in [0.29, 0.717) is 21.5 Å². The van der Waals surface area contributed by atoms with Crippen molar-refractivity contribution in [2.24, 2.45) is 0 Å². The predicted octanol–water partition coefficient (Wildman–Crippen LogP) is 4.15. The third-order valence-corrected chi connectivity index (χ3v) is 5.20. The molecule has 1 amide bonds. The number of hydrogen-bond acceptors (Lipinski definition) is 4. The van der Waals surface area contributed by atoms with E-state index in [4.69, 9.17) is 27.9 Å². The Bertz CT molecular complexity index is 793. The normalized spacial score (nSPS) is 14.9. The van der Waals surface area contributed by atoms with E-state index in [9.17, 15) is 4.79 Å². The monoisotopic (exact) mass is 407 g/mol. The van der Waals surface area contributed by atoms with Crippen LogP contribution in [0.15, 0.2) is 42.5 Å². The topological polar surface area (TPSA) is 44.8 Å². The van der Waals surface area contributed by atoms with Gasteiger partial charge < -0.3 is 19.9 Å². The average Bonchev–Trinajstić information content (AvgIpc) is 2.68. The molecule has 2 aromatic carbocycles. The molecule has 1 aliphatic rings. The number of anilines is 2. The molecule has 0 spiro atoms. The Morgan fingerprint density at radius 3 is 2.48 bits per heavy atom. The average molecular weight is 408 g/mol. The number of amides is 1. The van der Waals surface area contributed by atoms with Crippen LogP contribution in [0, 0.1) is 0 Å². The summed E-state index contributed by atoms with van der Waals surface area (Å²) in [6, 6.07) is 12.6. The summed E-state index contributed by atoms with van der Waals surface area (Å²) in [5.74, 6) is 0.212. The molecular formula is C20H23Cl2N3O2. The fourth-order valence-corrected chi connectivity index (χ4v) is 3.54. The van der Waals surface area contributed by atoms with Crippen LogP contribution in [0.4, 0.5) is 11.4 Å². The first-order chi connectivity index (χ1) is 13.1. The van der Waals surface area contributed by atoms with E-state index in [0.717, 1.165) is 38.4 Å². The molecule has 0 saturated carbocycles. The number of nitrogens with zero attached hydrogens (tertiary/aromatic N) is 2. The van der Waals surface area contributed by atoms with Gasteiger partial charge in [0.1, 0.15) is 5.75 Å². The van der Waals surface area contributed by atoms with Crippen LogP contribution in [0.25, 0.3) is 0 Å². The highest BCUT2D eigenvalue weighted by Gasteiger charge is 2.18. The predicted molar refractivity (Wildman–Crippen MR) is 111 cm³/mol. The number of carbonyl (C=O) groups excluding carboxylic acids is 1. The molecule has 0 radical (unpaired) electrons. The molecule has 2 aromatic rings. The minimum Gasteiger partial charge on any atom is -0.482 e. The summed E-state index contributed by atoms with van der Waals surface area (Å²) in [7, 11) is 0. The maximum absolute atomic E-state index is 12.1. The molecule has 0 aromatic heterocycles. The number of ether oxygens (including phenoxy) is 1. The van der Waals surface area contributed by atoms with Gasteiger partial charge in [-0.3, -0.25) is 4.79 Å². The second-order valence-electron chi connectivity index (χ2n) is 6.35. The lowest BCUT2D eigenvalue weighted by Gasteiger charge is -2.36. The van der Waals surface area contributed by atoms with Crippen LogP contribution < -0.4 is 15.0 Å². The first kappa shape index (κ1) is 19.8. The van der Waals surface area contributed by atoms with Gasteiger partial charge in [0.2, 0.25) is 0 Å². The highest BCUT2D eigenvalue weighted by Crippen LogP contribution is 2.30. The van der Waals surface area contributed by atoms with Crippen LogP contribution in [0.5, 0.6) is 5.75 Å². The van der Waals surface area contributed by atoms with E-state index in [1.165, 1.54) is 0 Å². The van der Waals surface area contributed by atoms with Crippen molar-refractivity contribution in [3.8, 4) is 5.75 Å². The molecule has 1 N–H and O–H groups in total. The highest BCUT2D eigenvalue weighted by molar-refractivity contribution is 6.33. The third-order valence-electron chi connectivity index (χ3n) is 4.59. The second kappa shape index (κ2) is 9.31. The number of para-hydroxylation sites is 1. The van der Waals surface area contributed by atoms with Crippen LogP contribution in [0.1, 0.15) is 6.92 Å². The van der Waals surface area contributed by atoms with Gasteiger partial charge in [0.25, 0.3) is 5.91 Å². The molecule has 27 heavy (non-hydrogen) atoms. The van der Waals surface area contributed by atoms with E-state index in [1.54, 1.807) is 30.3 Å². The van der Waals surface area contributed by atoms with Crippen LogP contribution in [-0.2, 0) is 4.79 Å². The van der Waals surface area contributed by atoms with Gasteiger partial charge >= 0.3 is 0 Å². The summed E-state index contributed by atoms with van der Waals surface area (Å²) >= 11 is 12.5. The van der Waals surface area contributed by atoms with Crippen molar-refractivity contribution < 1.29 is 9.53 Å². The zero-order valence-electron chi connectivity index (χ0n) is 15.3. The van der Waals surface area contributed by atoms with Gasteiger partial charge in [-0.15, -0.1) is 0 Å². The largest absolute Gasteiger partial charge is 0.482 e. The lowest BCUT2D eigenvalue weighted by atomic mass is 10.2. The summed E-state index contributed by atoms with van der Waals surface area (Å²) in [5.41, 5.74) is 1.64. The summed E-state index contributed by atoms with van der Waals surface area (Å²) in [6.45, 7) is 7.09. The van der Waals surface area contributed by atoms with Gasteiger partial charge in [-0.2, -0.15) is 0 Å². The van der Waals surface area contributed by atoms with Crippen molar-refractivity contribution in [3.63, 3.8) is 0 Å². The van der Waals surface area contributed by atoms with E-state index in [1.807, 2.05) is 12.1 Å². The zero-order chi connectivity index (χ0) is 19.2. The Balaban J connectivity index is 1.56. The van der Waals surface area contributed by atoms with Crippen molar-refractivity contribution in [2.45, 2.75) is 6.92 Å². The molecule has 0 aliphatic carbocycles. The van der Waals surface area contributed by atoms with Crippen LogP contribution in [0.2, 0.25) is 10.0 Å². The maximum atomic E-state index is 12.1. The molecule has 5 nitrogen and oxygen atoms in total. The van der Waals surface area contributed by atoms with Gasteiger partial charge in [0, 0.05) is 31.9 Å². The van der Waals surface area contributed by atoms with Gasteiger partial charge in [0.15, 0.2) is 6.61 Å². The number of piperazine rings is 1. The fraction of sp³-hybridized carbons (Fsp3) is 0.350. The number of nitrogens with one attached hydrogen (secondary N) is 1. The number of halogens is 2. The minimum atomic E-state index is -0.268. The van der Waals surface area contributed by atoms with Crippen molar-refractivity contribution in [1.29, 1.82) is 0 Å². The Morgan fingerprint density at radius 1 is 1.07 bits per heavy atom. The van der Waals surface area contributed by atoms with Gasteiger partial charge in [-0.25, -0.2) is 0 Å². The Morgan fingerprint density at radius 2 is 1.81 bits per heavy atom. The third kappa shape index (κ3) is 5.28. The SMILES string of the molecule is CCN1CCN(c2ccc(NC(=O)COc3ccccc3Cl)cc2Cl)CC1. The standard InChI is InChI=1S/C20H23Cl2N3O2/c1-2-24-9-11-25(12-10-24)18-8-7-15(13-17(18)22)23-20(26)14-27-19-6-4-3-5-16(19)21/h3-8,13H,2,9-12,14H2,1H3,(H,23,26). The van der Waals surface area contributed by atoms with Crippen molar-refractivity contribution in [3.05, 3.63) is 52.5 Å². The number of rotatable bonds is 6. The van der Waals surface area contributed by atoms with Gasteiger partial charge in [-0.1, -0.05) is 42.3 Å². The molecule has 1 saturated heterocycles. The Kier molecular flexibility index (Phi) is 6.83. The van der Waals surface area contributed by atoms with Crippen molar-refractivity contribution in [1.82, 2.24) is 4.90 Å². The number of carbonyl (C=O) groups is 1.